The van der Waals surface area contributed by atoms with Crippen LogP contribution >= 0.6 is 0 Å². The predicted molar refractivity (Wildman–Crippen MR) is 48.8 cm³/mol. The molecule has 0 aromatic rings. The summed E-state index contributed by atoms with van der Waals surface area (Å²) in [4.78, 5) is 21.7. The number of carbonyl (C=O) groups is 2. The third-order valence-electron chi connectivity index (χ3n) is 2.27. The van der Waals surface area contributed by atoms with Crippen LogP contribution in [-0.4, -0.2) is 39.8 Å². The molecule has 0 heterocycles. The van der Waals surface area contributed by atoms with Gasteiger partial charge in [0.25, 0.3) is 0 Å². The molecule has 0 amide bonds. The van der Waals surface area contributed by atoms with Gasteiger partial charge in [0.1, 0.15) is 6.42 Å². The van der Waals surface area contributed by atoms with E-state index in [9.17, 15) is 14.7 Å². The van der Waals surface area contributed by atoms with Gasteiger partial charge in [0, 0.05) is 12.0 Å². The van der Waals surface area contributed by atoms with E-state index in [1.165, 1.54) is 13.8 Å². The van der Waals surface area contributed by atoms with Crippen molar-refractivity contribution in [3.8, 4) is 0 Å². The van der Waals surface area contributed by atoms with Crippen LogP contribution in [0.15, 0.2) is 0 Å². The second kappa shape index (κ2) is 5.07. The summed E-state index contributed by atoms with van der Waals surface area (Å²) in [7, 11) is 0. The van der Waals surface area contributed by atoms with Gasteiger partial charge in [-0.25, -0.2) is 0 Å². The van der Waals surface area contributed by atoms with Crippen molar-refractivity contribution in [2.24, 2.45) is 5.41 Å². The number of Topliss-reactive ketones (excluding diaryl/α,β-unsaturated/α-hetero) is 1. The summed E-state index contributed by atoms with van der Waals surface area (Å²) >= 11 is 0. The maximum Gasteiger partial charge on any atom is 0.310 e. The Kier molecular flexibility index (Phi) is 4.73. The van der Waals surface area contributed by atoms with Crippen molar-refractivity contribution in [2.75, 3.05) is 6.61 Å². The Hall–Kier alpha value is -0.940. The summed E-state index contributed by atoms with van der Waals surface area (Å²) in [6.07, 6.45) is -1.55. The number of aliphatic carboxylic acids is 1. The Bertz CT molecular complexity index is 221. The van der Waals surface area contributed by atoms with Gasteiger partial charge in [-0.05, 0) is 6.42 Å². The van der Waals surface area contributed by atoms with E-state index in [2.05, 4.69) is 0 Å². The minimum atomic E-state index is -1.21. The molecule has 0 aromatic heterocycles. The number of ketones is 1. The fourth-order valence-electron chi connectivity index (χ4n) is 1.03. The smallest absolute Gasteiger partial charge is 0.310 e. The molecule has 5 heteroatoms. The average Bonchev–Trinajstić information content (AvgIpc) is 2.03. The lowest BCUT2D eigenvalue weighted by Gasteiger charge is -2.27. The maximum atomic E-state index is 11.4. The van der Waals surface area contributed by atoms with Crippen molar-refractivity contribution >= 4 is 11.8 Å². The van der Waals surface area contributed by atoms with Gasteiger partial charge in [0.15, 0.2) is 5.78 Å². The highest BCUT2D eigenvalue weighted by Gasteiger charge is 2.35. The first-order valence-corrected chi connectivity index (χ1v) is 4.36. The molecule has 82 valence electrons. The van der Waals surface area contributed by atoms with Crippen LogP contribution in [0.2, 0.25) is 0 Å². The molecule has 1 atom stereocenters. The first-order chi connectivity index (χ1) is 6.32. The molecule has 0 aromatic carbocycles. The number of carboxylic acid groups (broad SMARTS) is 1. The zero-order chi connectivity index (χ0) is 11.4. The minimum absolute atomic E-state index is 0.0678. The number of carboxylic acids is 1. The molecule has 0 radical (unpaired) electrons. The lowest BCUT2D eigenvalue weighted by molar-refractivity contribution is -0.145. The highest BCUT2D eigenvalue weighted by molar-refractivity contribution is 5.98. The van der Waals surface area contributed by atoms with Crippen molar-refractivity contribution < 1.29 is 24.9 Å². The summed E-state index contributed by atoms with van der Waals surface area (Å²) in [5, 5.41) is 26.5. The van der Waals surface area contributed by atoms with Gasteiger partial charge in [-0.1, -0.05) is 13.8 Å². The van der Waals surface area contributed by atoms with Gasteiger partial charge in [-0.3, -0.25) is 9.59 Å². The van der Waals surface area contributed by atoms with E-state index in [4.69, 9.17) is 10.2 Å². The average molecular weight is 204 g/mol. The van der Waals surface area contributed by atoms with Crippen LogP contribution in [0.25, 0.3) is 0 Å². The van der Waals surface area contributed by atoms with E-state index >= 15 is 0 Å². The summed E-state index contributed by atoms with van der Waals surface area (Å²) in [6.45, 7) is 2.71. The molecule has 0 fully saturated rings. The van der Waals surface area contributed by atoms with Crippen molar-refractivity contribution in [3.05, 3.63) is 0 Å². The normalized spacial score (nSPS) is 13.7. The molecule has 5 nitrogen and oxygen atoms in total. The zero-order valence-corrected chi connectivity index (χ0v) is 8.36. The van der Waals surface area contributed by atoms with Gasteiger partial charge in [0.2, 0.25) is 0 Å². The highest BCUT2D eigenvalue weighted by Crippen LogP contribution is 2.25. The molecule has 3 N–H and O–H groups in total. The molecule has 14 heavy (non-hydrogen) atoms. The second-order valence-electron chi connectivity index (χ2n) is 3.74. The van der Waals surface area contributed by atoms with E-state index < -0.39 is 29.7 Å². The maximum absolute atomic E-state index is 11.4. The fraction of sp³-hybridized carbons (Fsp3) is 0.778. The summed E-state index contributed by atoms with van der Waals surface area (Å²) < 4.78 is 0. The molecular formula is C9H16O5. The van der Waals surface area contributed by atoms with Crippen LogP contribution in [0.1, 0.15) is 26.7 Å². The van der Waals surface area contributed by atoms with Crippen LogP contribution in [0, 0.1) is 5.41 Å². The molecule has 0 aliphatic carbocycles. The molecular weight excluding hydrogens is 188 g/mol. The molecule has 0 spiro atoms. The Morgan fingerprint density at radius 3 is 2.21 bits per heavy atom. The topological polar surface area (TPSA) is 94.8 Å². The number of aliphatic hydroxyl groups excluding tert-OH is 2. The van der Waals surface area contributed by atoms with Crippen molar-refractivity contribution in [1.29, 1.82) is 0 Å². The molecule has 0 aliphatic rings. The summed E-state index contributed by atoms with van der Waals surface area (Å²) in [6, 6.07) is 0. The van der Waals surface area contributed by atoms with E-state index in [0.29, 0.717) is 0 Å². The van der Waals surface area contributed by atoms with Crippen molar-refractivity contribution in [1.82, 2.24) is 0 Å². The number of carbonyl (C=O) groups excluding carboxylic acids is 1. The van der Waals surface area contributed by atoms with Crippen LogP contribution < -0.4 is 0 Å². The molecule has 0 saturated heterocycles. The van der Waals surface area contributed by atoms with Gasteiger partial charge in [0.05, 0.1) is 6.10 Å². The molecule has 0 saturated carbocycles. The van der Waals surface area contributed by atoms with Gasteiger partial charge in [-0.2, -0.15) is 0 Å². The minimum Gasteiger partial charge on any atom is -0.481 e. The third-order valence-corrected chi connectivity index (χ3v) is 2.27. The summed E-state index contributed by atoms with van der Waals surface area (Å²) in [5.41, 5.74) is -1.12. The van der Waals surface area contributed by atoms with Crippen LogP contribution in [0.4, 0.5) is 0 Å². The zero-order valence-electron chi connectivity index (χ0n) is 8.36. The predicted octanol–water partition coefficient (Wildman–Crippen LogP) is -0.200. The van der Waals surface area contributed by atoms with Crippen LogP contribution in [0.5, 0.6) is 0 Å². The second-order valence-corrected chi connectivity index (χ2v) is 3.74. The van der Waals surface area contributed by atoms with Crippen LogP contribution in [0.3, 0.4) is 0 Å². The lowest BCUT2D eigenvalue weighted by atomic mass is 9.79. The Balaban J connectivity index is 4.43. The highest BCUT2D eigenvalue weighted by atomic mass is 16.4. The fourth-order valence-corrected chi connectivity index (χ4v) is 1.03. The Labute approximate surface area is 82.4 Å². The Morgan fingerprint density at radius 2 is 1.86 bits per heavy atom. The SMILES string of the molecule is CC(C)(C(=O)CC(=O)O)C(O)CCO. The van der Waals surface area contributed by atoms with E-state index in [1.807, 2.05) is 0 Å². The monoisotopic (exact) mass is 204 g/mol. The molecule has 1 unspecified atom stereocenters. The van der Waals surface area contributed by atoms with Crippen molar-refractivity contribution in [2.45, 2.75) is 32.8 Å². The number of aliphatic hydroxyl groups is 2. The summed E-state index contributed by atoms with van der Waals surface area (Å²) in [5.74, 6) is -1.75. The number of hydrogen-bond donors (Lipinski definition) is 3. The number of rotatable bonds is 6. The van der Waals surface area contributed by atoms with Gasteiger partial charge in [-0.15, -0.1) is 0 Å². The number of hydrogen-bond acceptors (Lipinski definition) is 4. The van der Waals surface area contributed by atoms with Gasteiger partial charge < -0.3 is 15.3 Å². The third kappa shape index (κ3) is 3.43. The van der Waals surface area contributed by atoms with Gasteiger partial charge >= 0.3 is 5.97 Å². The van der Waals surface area contributed by atoms with E-state index in [-0.39, 0.29) is 13.0 Å². The lowest BCUT2D eigenvalue weighted by Crippen LogP contribution is -2.38. The largest absolute Gasteiger partial charge is 0.481 e. The standard InChI is InChI=1S/C9H16O5/c1-9(2,6(11)3-4-10)7(12)5-8(13)14/h6,10-11H,3-5H2,1-2H3,(H,13,14). The molecule has 0 bridgehead atoms. The quantitative estimate of drug-likeness (QED) is 0.521. The molecule has 0 aliphatic heterocycles. The van der Waals surface area contributed by atoms with E-state index in [0.717, 1.165) is 0 Å². The first kappa shape index (κ1) is 13.1. The first-order valence-electron chi connectivity index (χ1n) is 4.36. The Morgan fingerprint density at radius 1 is 1.36 bits per heavy atom. The van der Waals surface area contributed by atoms with E-state index in [1.54, 1.807) is 0 Å². The van der Waals surface area contributed by atoms with Crippen LogP contribution in [-0.2, 0) is 9.59 Å². The molecule has 0 rings (SSSR count). The van der Waals surface area contributed by atoms with Crippen molar-refractivity contribution in [3.63, 3.8) is 0 Å².